The molecule has 0 spiro atoms. The van der Waals surface area contributed by atoms with Crippen molar-refractivity contribution in [3.05, 3.63) is 35.3 Å². The maximum atomic E-state index is 9.50. The summed E-state index contributed by atoms with van der Waals surface area (Å²) in [6.07, 6.45) is 1.99. The van der Waals surface area contributed by atoms with Gasteiger partial charge in [0.25, 0.3) is 0 Å². The lowest BCUT2D eigenvalue weighted by molar-refractivity contribution is 0.241. The maximum absolute atomic E-state index is 9.50. The van der Waals surface area contributed by atoms with E-state index in [4.69, 9.17) is 14.7 Å². The molecule has 3 rings (SSSR count). The first-order valence-corrected chi connectivity index (χ1v) is 8.89. The quantitative estimate of drug-likeness (QED) is 0.754. The highest BCUT2D eigenvalue weighted by Gasteiger charge is 2.19. The topological polar surface area (TPSA) is 73.1 Å². The van der Waals surface area contributed by atoms with Crippen LogP contribution in [0, 0.1) is 13.8 Å². The van der Waals surface area contributed by atoms with E-state index in [0.29, 0.717) is 11.8 Å². The van der Waals surface area contributed by atoms with Gasteiger partial charge in [0.1, 0.15) is 5.52 Å². The third-order valence-corrected chi connectivity index (χ3v) is 4.66. The van der Waals surface area contributed by atoms with Gasteiger partial charge in [0.2, 0.25) is 5.88 Å². The Morgan fingerprint density at radius 3 is 2.46 bits per heavy atom. The Morgan fingerprint density at radius 2 is 1.85 bits per heavy atom. The fraction of sp³-hybridized carbons (Fsp3) is 0.450. The third kappa shape index (κ3) is 3.05. The Morgan fingerprint density at radius 1 is 1.12 bits per heavy atom. The van der Waals surface area contributed by atoms with Gasteiger partial charge in [-0.05, 0) is 44.4 Å². The van der Waals surface area contributed by atoms with Crippen molar-refractivity contribution in [1.82, 2.24) is 19.5 Å². The van der Waals surface area contributed by atoms with Crippen molar-refractivity contribution in [3.8, 4) is 17.1 Å². The monoisotopic (exact) mass is 354 g/mol. The first kappa shape index (κ1) is 18.3. The molecule has 0 aliphatic rings. The summed E-state index contributed by atoms with van der Waals surface area (Å²) in [5.74, 6) is 0.887. The van der Waals surface area contributed by atoms with Gasteiger partial charge < -0.3 is 14.4 Å². The van der Waals surface area contributed by atoms with Gasteiger partial charge in [-0.25, -0.2) is 15.0 Å². The minimum absolute atomic E-state index is 0.0488. The number of aryl methyl sites for hydroxylation is 2. The summed E-state index contributed by atoms with van der Waals surface area (Å²) < 4.78 is 7.51. The lowest BCUT2D eigenvalue weighted by Gasteiger charge is -2.14. The van der Waals surface area contributed by atoms with E-state index < -0.39 is 0 Å². The first-order chi connectivity index (χ1) is 12.4. The average molecular weight is 354 g/mol. The molecule has 3 heterocycles. The van der Waals surface area contributed by atoms with Crippen LogP contribution < -0.4 is 4.74 Å². The SMILES string of the molecule is COc1nc(C(C)C)ccc1-c1nc2c(C)cn([C@@H](C)CO)c2nc1C. The molecule has 3 aromatic heterocycles. The zero-order valence-electron chi connectivity index (χ0n) is 16.2. The number of ether oxygens (including phenoxy) is 1. The Kier molecular flexibility index (Phi) is 4.96. The molecule has 0 bridgehead atoms. The number of aliphatic hydroxyl groups is 1. The second kappa shape index (κ2) is 7.03. The van der Waals surface area contributed by atoms with Gasteiger partial charge in [0.15, 0.2) is 5.65 Å². The van der Waals surface area contributed by atoms with E-state index in [1.807, 2.05) is 43.7 Å². The normalized spacial score (nSPS) is 12.8. The van der Waals surface area contributed by atoms with E-state index in [0.717, 1.165) is 39.4 Å². The van der Waals surface area contributed by atoms with Gasteiger partial charge in [-0.3, -0.25) is 0 Å². The van der Waals surface area contributed by atoms with Crippen LogP contribution in [0.3, 0.4) is 0 Å². The zero-order valence-corrected chi connectivity index (χ0v) is 16.2. The van der Waals surface area contributed by atoms with Gasteiger partial charge in [-0.1, -0.05) is 13.8 Å². The molecule has 138 valence electrons. The van der Waals surface area contributed by atoms with E-state index in [1.165, 1.54) is 0 Å². The molecular weight excluding hydrogens is 328 g/mol. The van der Waals surface area contributed by atoms with E-state index in [2.05, 4.69) is 18.8 Å². The highest BCUT2D eigenvalue weighted by molar-refractivity contribution is 5.80. The Bertz CT molecular complexity index is 947. The molecule has 0 unspecified atom stereocenters. The Labute approximate surface area is 153 Å². The second-order valence-electron chi connectivity index (χ2n) is 7.03. The fourth-order valence-electron chi connectivity index (χ4n) is 3.07. The molecule has 1 N–H and O–H groups in total. The van der Waals surface area contributed by atoms with Crippen molar-refractivity contribution in [2.45, 2.75) is 46.6 Å². The van der Waals surface area contributed by atoms with Gasteiger partial charge in [-0.2, -0.15) is 0 Å². The van der Waals surface area contributed by atoms with E-state index in [9.17, 15) is 5.11 Å². The van der Waals surface area contributed by atoms with Crippen molar-refractivity contribution in [2.24, 2.45) is 0 Å². The molecule has 0 radical (unpaired) electrons. The molecule has 0 saturated carbocycles. The smallest absolute Gasteiger partial charge is 0.222 e. The van der Waals surface area contributed by atoms with Crippen molar-refractivity contribution in [3.63, 3.8) is 0 Å². The number of rotatable bonds is 5. The molecule has 6 nitrogen and oxygen atoms in total. The molecule has 0 aromatic carbocycles. The van der Waals surface area contributed by atoms with Crippen molar-refractivity contribution < 1.29 is 9.84 Å². The van der Waals surface area contributed by atoms with E-state index in [-0.39, 0.29) is 12.6 Å². The number of pyridine rings is 1. The number of aliphatic hydroxyl groups excluding tert-OH is 1. The van der Waals surface area contributed by atoms with Gasteiger partial charge >= 0.3 is 0 Å². The van der Waals surface area contributed by atoms with E-state index >= 15 is 0 Å². The van der Waals surface area contributed by atoms with Crippen molar-refractivity contribution in [1.29, 1.82) is 0 Å². The second-order valence-corrected chi connectivity index (χ2v) is 7.03. The molecule has 3 aromatic rings. The molecule has 0 saturated heterocycles. The van der Waals surface area contributed by atoms with Crippen molar-refractivity contribution >= 4 is 11.2 Å². The number of hydrogen-bond acceptors (Lipinski definition) is 5. The van der Waals surface area contributed by atoms with Crippen LogP contribution in [0.15, 0.2) is 18.3 Å². The Balaban J connectivity index is 2.21. The molecular formula is C20H26N4O2. The molecule has 0 fully saturated rings. The van der Waals surface area contributed by atoms with Crippen LogP contribution in [0.2, 0.25) is 0 Å². The fourth-order valence-corrected chi connectivity index (χ4v) is 3.07. The standard InChI is InChI=1S/C20H26N4O2/c1-11(2)16-8-7-15(20(22-16)26-6)18-14(5)21-19-17(23-18)12(3)9-24(19)13(4)10-25/h7-9,11,13,25H,10H2,1-6H3/t13-/m0/s1. The highest BCUT2D eigenvalue weighted by Crippen LogP contribution is 2.32. The summed E-state index contributed by atoms with van der Waals surface area (Å²) in [4.78, 5) is 14.3. The minimum atomic E-state index is -0.0488. The lowest BCUT2D eigenvalue weighted by Crippen LogP contribution is -2.09. The van der Waals surface area contributed by atoms with Gasteiger partial charge in [0, 0.05) is 11.9 Å². The summed E-state index contributed by atoms with van der Waals surface area (Å²) in [6.45, 7) is 10.2. The number of fused-ring (bicyclic) bond motifs is 1. The first-order valence-electron chi connectivity index (χ1n) is 8.89. The van der Waals surface area contributed by atoms with Crippen LogP contribution in [-0.2, 0) is 0 Å². The van der Waals surface area contributed by atoms with Crippen LogP contribution in [0.25, 0.3) is 22.4 Å². The molecule has 0 amide bonds. The van der Waals surface area contributed by atoms with Crippen LogP contribution in [0.5, 0.6) is 5.88 Å². The largest absolute Gasteiger partial charge is 0.480 e. The summed E-state index contributed by atoms with van der Waals surface area (Å²) in [6, 6.07) is 3.97. The predicted octanol–water partition coefficient (Wildman–Crippen LogP) is 3.80. The predicted molar refractivity (Wildman–Crippen MR) is 103 cm³/mol. The number of hydrogen-bond donors (Lipinski definition) is 1. The summed E-state index contributed by atoms with van der Waals surface area (Å²) >= 11 is 0. The highest BCUT2D eigenvalue weighted by atomic mass is 16.5. The minimum Gasteiger partial charge on any atom is -0.480 e. The summed E-state index contributed by atoms with van der Waals surface area (Å²) in [5.41, 5.74) is 6.05. The Hall–Kier alpha value is -2.47. The molecule has 1 atom stereocenters. The average Bonchev–Trinajstić information content (AvgIpc) is 2.95. The third-order valence-electron chi connectivity index (χ3n) is 4.66. The van der Waals surface area contributed by atoms with Crippen LogP contribution in [0.4, 0.5) is 0 Å². The number of nitrogens with zero attached hydrogens (tertiary/aromatic N) is 4. The number of aromatic nitrogens is 4. The lowest BCUT2D eigenvalue weighted by atomic mass is 10.1. The summed E-state index contributed by atoms with van der Waals surface area (Å²) in [7, 11) is 1.63. The van der Waals surface area contributed by atoms with Crippen LogP contribution in [-0.4, -0.2) is 38.3 Å². The summed E-state index contributed by atoms with van der Waals surface area (Å²) in [5, 5.41) is 9.50. The molecule has 26 heavy (non-hydrogen) atoms. The zero-order chi connectivity index (χ0) is 19.0. The van der Waals surface area contributed by atoms with Crippen LogP contribution >= 0.6 is 0 Å². The molecule has 6 heteroatoms. The van der Waals surface area contributed by atoms with Gasteiger partial charge in [0.05, 0.1) is 36.7 Å². The molecule has 0 aliphatic carbocycles. The maximum Gasteiger partial charge on any atom is 0.222 e. The molecule has 0 aliphatic heterocycles. The van der Waals surface area contributed by atoms with E-state index in [1.54, 1.807) is 7.11 Å². The van der Waals surface area contributed by atoms with Crippen molar-refractivity contribution in [2.75, 3.05) is 13.7 Å². The number of methoxy groups -OCH3 is 1. The van der Waals surface area contributed by atoms with Gasteiger partial charge in [-0.15, -0.1) is 0 Å². The van der Waals surface area contributed by atoms with Crippen LogP contribution in [0.1, 0.15) is 49.7 Å².